The molecule has 6 nitrogen and oxygen atoms in total. The summed E-state index contributed by atoms with van der Waals surface area (Å²) in [6.07, 6.45) is 0. The van der Waals surface area contributed by atoms with Crippen LogP contribution in [0.2, 0.25) is 0 Å². The van der Waals surface area contributed by atoms with E-state index in [-0.39, 0.29) is 0 Å². The van der Waals surface area contributed by atoms with Crippen molar-refractivity contribution in [2.24, 2.45) is 0 Å². The molecule has 0 amide bonds. The van der Waals surface area contributed by atoms with Crippen molar-refractivity contribution in [3.63, 3.8) is 0 Å². The highest BCUT2D eigenvalue weighted by molar-refractivity contribution is 7.26. The molecule has 0 bridgehead atoms. The number of benzene rings is 7. The minimum atomic E-state index is 0.627. The fourth-order valence-corrected chi connectivity index (χ4v) is 9.71. The summed E-state index contributed by atoms with van der Waals surface area (Å²) in [4.78, 5) is 30.4. The average molecular weight is 753 g/mol. The Labute approximate surface area is 329 Å². The van der Waals surface area contributed by atoms with Gasteiger partial charge in [0.1, 0.15) is 0 Å². The second-order valence-electron chi connectivity index (χ2n) is 13.5. The molecule has 0 fully saturated rings. The fraction of sp³-hybridized carbons (Fsp3) is 0. The molecule has 262 valence electrons. The van der Waals surface area contributed by atoms with E-state index >= 15 is 0 Å². The van der Waals surface area contributed by atoms with Crippen molar-refractivity contribution in [3.05, 3.63) is 170 Å². The Hall–Kier alpha value is -7.00. The van der Waals surface area contributed by atoms with Gasteiger partial charge in [0, 0.05) is 73.7 Å². The highest BCUT2D eigenvalue weighted by Crippen LogP contribution is 2.42. The molecule has 7 aromatic carbocycles. The second-order valence-corrected chi connectivity index (χ2v) is 15.6. The third kappa shape index (κ3) is 5.62. The first-order valence-electron chi connectivity index (χ1n) is 18.3. The van der Waals surface area contributed by atoms with Crippen LogP contribution in [-0.2, 0) is 0 Å². The standard InChI is InChI=1S/C48H28N6S2/c1-4-14-29(15-5-1)43-49-44(30-16-6-2-7-17-30)52-47(51-43)37-24-13-22-35-38-28-32(26-27-40(38)56-42(35)37)46-50-45(31-18-8-3-9-19-31)53-48(54-46)36-23-12-21-34-33-20-10-11-25-39(33)55-41(34)36/h1-28H. The van der Waals surface area contributed by atoms with E-state index < -0.39 is 0 Å². The highest BCUT2D eigenvalue weighted by Gasteiger charge is 2.19. The van der Waals surface area contributed by atoms with E-state index in [1.807, 2.05) is 91.0 Å². The van der Waals surface area contributed by atoms with Gasteiger partial charge in [-0.1, -0.05) is 133 Å². The molecule has 4 heterocycles. The number of hydrogen-bond acceptors (Lipinski definition) is 8. The van der Waals surface area contributed by atoms with Gasteiger partial charge in [-0.15, -0.1) is 22.7 Å². The Morgan fingerprint density at radius 1 is 0.268 bits per heavy atom. The number of fused-ring (bicyclic) bond motifs is 6. The van der Waals surface area contributed by atoms with Gasteiger partial charge in [0.25, 0.3) is 0 Å². The lowest BCUT2D eigenvalue weighted by molar-refractivity contribution is 1.08. The van der Waals surface area contributed by atoms with Gasteiger partial charge in [0.05, 0.1) is 0 Å². The van der Waals surface area contributed by atoms with Crippen LogP contribution in [0.1, 0.15) is 0 Å². The highest BCUT2D eigenvalue weighted by atomic mass is 32.1. The molecule has 0 atom stereocenters. The summed E-state index contributed by atoms with van der Waals surface area (Å²) in [7, 11) is 0. The molecule has 0 spiro atoms. The van der Waals surface area contributed by atoms with Gasteiger partial charge in [0.15, 0.2) is 34.9 Å². The van der Waals surface area contributed by atoms with Crippen molar-refractivity contribution in [2.45, 2.75) is 0 Å². The average Bonchev–Trinajstić information content (AvgIpc) is 3.85. The Kier molecular flexibility index (Phi) is 7.75. The minimum absolute atomic E-state index is 0.627. The number of hydrogen-bond donors (Lipinski definition) is 0. The molecule has 8 heteroatoms. The minimum Gasteiger partial charge on any atom is -0.208 e. The zero-order chi connectivity index (χ0) is 37.0. The maximum atomic E-state index is 5.19. The van der Waals surface area contributed by atoms with E-state index in [0.29, 0.717) is 34.9 Å². The summed E-state index contributed by atoms with van der Waals surface area (Å²) >= 11 is 3.52. The molecule has 11 aromatic rings. The van der Waals surface area contributed by atoms with Crippen molar-refractivity contribution in [2.75, 3.05) is 0 Å². The smallest absolute Gasteiger partial charge is 0.165 e. The van der Waals surface area contributed by atoms with Gasteiger partial charge >= 0.3 is 0 Å². The molecule has 0 radical (unpaired) electrons. The molecule has 0 saturated carbocycles. The zero-order valence-corrected chi connectivity index (χ0v) is 31.3. The molecule has 4 aromatic heterocycles. The Balaban J connectivity index is 1.08. The van der Waals surface area contributed by atoms with Crippen LogP contribution in [0.25, 0.3) is 109 Å². The third-order valence-corrected chi connectivity index (χ3v) is 12.4. The normalized spacial score (nSPS) is 11.6. The summed E-state index contributed by atoms with van der Waals surface area (Å²) in [6.45, 7) is 0. The van der Waals surface area contributed by atoms with Gasteiger partial charge < -0.3 is 0 Å². The molecule has 0 unspecified atom stereocenters. The maximum absolute atomic E-state index is 5.19. The lowest BCUT2D eigenvalue weighted by atomic mass is 10.1. The van der Waals surface area contributed by atoms with Crippen molar-refractivity contribution < 1.29 is 0 Å². The van der Waals surface area contributed by atoms with Crippen molar-refractivity contribution in [1.82, 2.24) is 29.9 Å². The zero-order valence-electron chi connectivity index (χ0n) is 29.7. The first-order chi connectivity index (χ1) is 27.7. The molecule has 0 saturated heterocycles. The molecule has 0 aliphatic carbocycles. The molecular weight excluding hydrogens is 725 g/mol. The van der Waals surface area contributed by atoms with Gasteiger partial charge in [-0.25, -0.2) is 29.9 Å². The Morgan fingerprint density at radius 3 is 1.18 bits per heavy atom. The summed E-state index contributed by atoms with van der Waals surface area (Å²) < 4.78 is 4.68. The molecule has 56 heavy (non-hydrogen) atoms. The number of aromatic nitrogens is 6. The van der Waals surface area contributed by atoms with E-state index in [1.165, 1.54) is 20.2 Å². The summed E-state index contributed by atoms with van der Waals surface area (Å²) in [6, 6.07) is 58.2. The lowest BCUT2D eigenvalue weighted by Gasteiger charge is -2.09. The van der Waals surface area contributed by atoms with Crippen LogP contribution < -0.4 is 0 Å². The number of nitrogens with zero attached hydrogens (tertiary/aromatic N) is 6. The summed E-state index contributed by atoms with van der Waals surface area (Å²) in [5, 5.41) is 4.70. The van der Waals surface area contributed by atoms with Crippen LogP contribution >= 0.6 is 22.7 Å². The Morgan fingerprint density at radius 2 is 0.661 bits per heavy atom. The summed E-state index contributed by atoms with van der Waals surface area (Å²) in [5.41, 5.74) is 5.71. The maximum Gasteiger partial charge on any atom is 0.165 e. The predicted octanol–water partition coefficient (Wildman–Crippen LogP) is 12.8. The molecule has 0 N–H and O–H groups in total. The van der Waals surface area contributed by atoms with E-state index in [0.717, 1.165) is 53.6 Å². The van der Waals surface area contributed by atoms with Crippen molar-refractivity contribution in [1.29, 1.82) is 0 Å². The summed E-state index contributed by atoms with van der Waals surface area (Å²) in [5.74, 6) is 3.84. The first-order valence-corrected chi connectivity index (χ1v) is 19.9. The molecule has 11 rings (SSSR count). The number of thiophene rings is 2. The molecule has 0 aliphatic heterocycles. The van der Waals surface area contributed by atoms with Crippen LogP contribution in [0.15, 0.2) is 170 Å². The van der Waals surface area contributed by atoms with Crippen LogP contribution in [0.3, 0.4) is 0 Å². The van der Waals surface area contributed by atoms with Crippen LogP contribution in [0.5, 0.6) is 0 Å². The van der Waals surface area contributed by atoms with Crippen LogP contribution in [0.4, 0.5) is 0 Å². The largest absolute Gasteiger partial charge is 0.208 e. The van der Waals surface area contributed by atoms with Gasteiger partial charge in [-0.3, -0.25) is 0 Å². The van der Waals surface area contributed by atoms with Gasteiger partial charge in [-0.2, -0.15) is 0 Å². The van der Waals surface area contributed by atoms with Crippen molar-refractivity contribution in [3.8, 4) is 68.3 Å². The molecular formula is C48H28N6S2. The van der Waals surface area contributed by atoms with E-state index in [2.05, 4.69) is 78.9 Å². The predicted molar refractivity (Wildman–Crippen MR) is 232 cm³/mol. The van der Waals surface area contributed by atoms with Gasteiger partial charge in [-0.05, 0) is 36.4 Å². The quantitative estimate of drug-likeness (QED) is 0.168. The second kappa shape index (κ2) is 13.4. The fourth-order valence-electron chi connectivity index (χ4n) is 7.31. The lowest BCUT2D eigenvalue weighted by Crippen LogP contribution is -2.00. The van der Waals surface area contributed by atoms with Gasteiger partial charge in [0.2, 0.25) is 0 Å². The van der Waals surface area contributed by atoms with Crippen molar-refractivity contribution >= 4 is 63.0 Å². The van der Waals surface area contributed by atoms with E-state index in [1.54, 1.807) is 22.7 Å². The first kappa shape index (κ1) is 32.4. The Bertz CT molecular complexity index is 3190. The van der Waals surface area contributed by atoms with Crippen LogP contribution in [0, 0.1) is 0 Å². The topological polar surface area (TPSA) is 77.3 Å². The van der Waals surface area contributed by atoms with E-state index in [4.69, 9.17) is 29.9 Å². The van der Waals surface area contributed by atoms with Crippen LogP contribution in [-0.4, -0.2) is 29.9 Å². The molecule has 0 aliphatic rings. The number of rotatable bonds is 6. The third-order valence-electron chi connectivity index (χ3n) is 10.0. The monoisotopic (exact) mass is 752 g/mol. The SMILES string of the molecule is c1ccc(-c2nc(-c3ccc4sc5c(-c6nc(-c7ccccc7)nc(-c7ccccc7)n6)cccc5c4c3)nc(-c3cccc4c3sc3ccccc34)n2)cc1. The van der Waals surface area contributed by atoms with E-state index in [9.17, 15) is 0 Å².